The largest absolute Gasteiger partial charge is 0.467 e. The number of furan rings is 1. The molecule has 0 aliphatic carbocycles. The van der Waals surface area contributed by atoms with Gasteiger partial charge in [0.05, 0.1) is 24.0 Å². The summed E-state index contributed by atoms with van der Waals surface area (Å²) in [4.78, 5) is 14.3. The molecule has 0 unspecified atom stereocenters. The van der Waals surface area contributed by atoms with Gasteiger partial charge < -0.3 is 9.15 Å². The fraction of sp³-hybridized carbons (Fsp3) is 0.294. The Hall–Kier alpha value is -1.99. The van der Waals surface area contributed by atoms with Gasteiger partial charge in [0.25, 0.3) is 0 Å². The molecule has 0 spiro atoms. The molecule has 132 valence electrons. The van der Waals surface area contributed by atoms with Gasteiger partial charge >= 0.3 is 6.09 Å². The lowest BCUT2D eigenvalue weighted by molar-refractivity contribution is 0.0575. The van der Waals surface area contributed by atoms with Crippen molar-refractivity contribution in [1.29, 1.82) is 0 Å². The van der Waals surface area contributed by atoms with E-state index in [-0.39, 0.29) is 11.7 Å². The molecule has 0 saturated heterocycles. The molecular weight excluding hydrogens is 410 g/mol. The predicted molar refractivity (Wildman–Crippen MR) is 99.0 cm³/mol. The van der Waals surface area contributed by atoms with E-state index < -0.39 is 11.7 Å². The Kier molecular flexibility index (Phi) is 4.79. The first-order chi connectivity index (χ1) is 11.7. The molecule has 3 aromatic heterocycles. The third-order valence-corrected chi connectivity index (χ3v) is 3.91. The molecule has 3 rings (SSSR count). The van der Waals surface area contributed by atoms with Crippen molar-refractivity contribution in [2.75, 3.05) is 4.90 Å². The number of fused-ring (bicyclic) bond motifs is 1. The van der Waals surface area contributed by atoms with Crippen molar-refractivity contribution < 1.29 is 13.9 Å². The number of carbonyl (C=O) groups excluding carboxylic acids is 1. The van der Waals surface area contributed by atoms with Gasteiger partial charge in [0, 0.05) is 16.7 Å². The summed E-state index contributed by atoms with van der Waals surface area (Å²) in [5.74, 6) is 0.627. The zero-order valence-electron chi connectivity index (χ0n) is 14.0. The predicted octanol–water partition coefficient (Wildman–Crippen LogP) is 5.28. The smallest absolute Gasteiger partial charge is 0.415 e. The first-order valence-corrected chi connectivity index (χ1v) is 8.77. The number of ether oxygens (including phenoxy) is 1. The van der Waals surface area contributed by atoms with Gasteiger partial charge in [-0.25, -0.2) is 9.31 Å². The van der Waals surface area contributed by atoms with E-state index in [0.29, 0.717) is 17.0 Å². The van der Waals surface area contributed by atoms with Crippen LogP contribution in [0.15, 0.2) is 45.6 Å². The highest BCUT2D eigenvalue weighted by molar-refractivity contribution is 9.10. The van der Waals surface area contributed by atoms with Crippen molar-refractivity contribution in [1.82, 2.24) is 9.61 Å². The van der Waals surface area contributed by atoms with E-state index in [4.69, 9.17) is 20.8 Å². The number of rotatable bonds is 3. The number of hydrogen-bond donors (Lipinski definition) is 0. The summed E-state index contributed by atoms with van der Waals surface area (Å²) in [5.41, 5.74) is 0.666. The molecule has 8 heteroatoms. The highest BCUT2D eigenvalue weighted by atomic mass is 79.9. The minimum Gasteiger partial charge on any atom is -0.467 e. The van der Waals surface area contributed by atoms with E-state index in [0.717, 1.165) is 4.47 Å². The van der Waals surface area contributed by atoms with Crippen LogP contribution in [-0.4, -0.2) is 21.3 Å². The van der Waals surface area contributed by atoms with Crippen LogP contribution in [0.4, 0.5) is 10.5 Å². The molecule has 0 radical (unpaired) electrons. The van der Waals surface area contributed by atoms with Crippen LogP contribution in [0.1, 0.15) is 26.5 Å². The van der Waals surface area contributed by atoms with Crippen LogP contribution in [0.5, 0.6) is 0 Å². The maximum Gasteiger partial charge on any atom is 0.415 e. The van der Waals surface area contributed by atoms with E-state index in [1.165, 1.54) is 4.90 Å². The third-order valence-electron chi connectivity index (χ3n) is 3.29. The number of anilines is 1. The van der Waals surface area contributed by atoms with Gasteiger partial charge in [-0.3, -0.25) is 4.90 Å². The van der Waals surface area contributed by atoms with Gasteiger partial charge in [-0.15, -0.1) is 0 Å². The topological polar surface area (TPSA) is 60.0 Å². The molecule has 0 fully saturated rings. The standard InChI is InChI=1S/C17H17BrClN3O3/c1-17(2,3)25-16(23)21(10-12-5-4-6-24-12)13-8-15(19)20-22-9-11(18)7-14(13)22/h4-9H,10H2,1-3H3. The number of carbonyl (C=O) groups is 1. The van der Waals surface area contributed by atoms with Crippen LogP contribution in [0.25, 0.3) is 5.52 Å². The Balaban J connectivity index is 2.09. The summed E-state index contributed by atoms with van der Waals surface area (Å²) in [7, 11) is 0. The zero-order valence-corrected chi connectivity index (χ0v) is 16.3. The van der Waals surface area contributed by atoms with Crippen molar-refractivity contribution in [2.24, 2.45) is 0 Å². The minimum atomic E-state index is -0.631. The summed E-state index contributed by atoms with van der Waals surface area (Å²) < 4.78 is 13.4. The Morgan fingerprint density at radius 3 is 2.84 bits per heavy atom. The Bertz CT molecular complexity index is 900. The van der Waals surface area contributed by atoms with Crippen LogP contribution in [0.3, 0.4) is 0 Å². The quantitative estimate of drug-likeness (QED) is 0.571. The number of amides is 1. The van der Waals surface area contributed by atoms with E-state index in [1.807, 2.05) is 26.8 Å². The lowest BCUT2D eigenvalue weighted by Gasteiger charge is -2.27. The van der Waals surface area contributed by atoms with Crippen LogP contribution in [0, 0.1) is 0 Å². The van der Waals surface area contributed by atoms with Gasteiger partial charge in [-0.05, 0) is 54.9 Å². The summed E-state index contributed by atoms with van der Waals surface area (Å²) in [6, 6.07) is 7.06. The summed E-state index contributed by atoms with van der Waals surface area (Å²) in [6.07, 6.45) is 2.83. The van der Waals surface area contributed by atoms with E-state index in [9.17, 15) is 4.79 Å². The number of hydrogen-bond acceptors (Lipinski definition) is 4. The first kappa shape index (κ1) is 17.8. The SMILES string of the molecule is CC(C)(C)OC(=O)N(Cc1ccco1)c1cc(Cl)nn2cc(Br)cc12. The summed E-state index contributed by atoms with van der Waals surface area (Å²) in [5, 5.41) is 4.48. The van der Waals surface area contributed by atoms with Crippen molar-refractivity contribution in [3.63, 3.8) is 0 Å². The third kappa shape index (κ3) is 4.16. The second-order valence-corrected chi connectivity index (χ2v) is 7.79. The molecular formula is C17H17BrClN3O3. The fourth-order valence-corrected chi connectivity index (χ4v) is 2.95. The van der Waals surface area contributed by atoms with E-state index >= 15 is 0 Å². The van der Waals surface area contributed by atoms with E-state index in [1.54, 1.807) is 35.2 Å². The minimum absolute atomic E-state index is 0.209. The number of aromatic nitrogens is 2. The highest BCUT2D eigenvalue weighted by Crippen LogP contribution is 2.30. The molecule has 0 bridgehead atoms. The molecule has 6 nitrogen and oxygen atoms in total. The molecule has 0 aliphatic rings. The normalized spacial score (nSPS) is 11.7. The average molecular weight is 427 g/mol. The fourth-order valence-electron chi connectivity index (χ4n) is 2.35. The average Bonchev–Trinajstić information content (AvgIpc) is 3.10. The molecule has 1 amide bonds. The molecule has 0 atom stereocenters. The molecule has 0 saturated carbocycles. The molecule has 0 N–H and O–H groups in total. The van der Waals surface area contributed by atoms with Crippen molar-refractivity contribution in [3.8, 4) is 0 Å². The number of nitrogens with zero attached hydrogens (tertiary/aromatic N) is 3. The van der Waals surface area contributed by atoms with Gasteiger partial charge in [0.2, 0.25) is 0 Å². The van der Waals surface area contributed by atoms with E-state index in [2.05, 4.69) is 21.0 Å². The Morgan fingerprint density at radius 1 is 1.44 bits per heavy atom. The Labute approximate surface area is 158 Å². The molecule has 0 aromatic carbocycles. The van der Waals surface area contributed by atoms with Gasteiger partial charge in [0.1, 0.15) is 11.4 Å². The monoisotopic (exact) mass is 425 g/mol. The van der Waals surface area contributed by atoms with Crippen LogP contribution in [0.2, 0.25) is 5.15 Å². The lowest BCUT2D eigenvalue weighted by atomic mass is 10.2. The number of halogens is 2. The molecule has 3 heterocycles. The first-order valence-electron chi connectivity index (χ1n) is 7.60. The maximum absolute atomic E-state index is 12.8. The van der Waals surface area contributed by atoms with Crippen LogP contribution >= 0.6 is 27.5 Å². The molecule has 0 aliphatic heterocycles. The Morgan fingerprint density at radius 2 is 2.20 bits per heavy atom. The second kappa shape index (κ2) is 6.72. The van der Waals surface area contributed by atoms with Crippen molar-refractivity contribution in [3.05, 3.63) is 52.1 Å². The zero-order chi connectivity index (χ0) is 18.2. The maximum atomic E-state index is 12.8. The van der Waals surface area contributed by atoms with Crippen LogP contribution in [-0.2, 0) is 11.3 Å². The molecule has 25 heavy (non-hydrogen) atoms. The lowest BCUT2D eigenvalue weighted by Crippen LogP contribution is -2.36. The molecule has 3 aromatic rings. The van der Waals surface area contributed by atoms with Gasteiger partial charge in [-0.1, -0.05) is 11.6 Å². The van der Waals surface area contributed by atoms with Crippen molar-refractivity contribution >= 4 is 44.8 Å². The summed E-state index contributed by atoms with van der Waals surface area (Å²) >= 11 is 9.57. The van der Waals surface area contributed by atoms with Crippen LogP contribution < -0.4 is 4.90 Å². The summed E-state index contributed by atoms with van der Waals surface area (Å²) in [6.45, 7) is 5.66. The second-order valence-electron chi connectivity index (χ2n) is 6.49. The highest BCUT2D eigenvalue weighted by Gasteiger charge is 2.26. The van der Waals surface area contributed by atoms with Gasteiger partial charge in [0.15, 0.2) is 5.15 Å². The van der Waals surface area contributed by atoms with Crippen molar-refractivity contribution in [2.45, 2.75) is 32.9 Å². The van der Waals surface area contributed by atoms with Gasteiger partial charge in [-0.2, -0.15) is 5.10 Å².